The Hall–Kier alpha value is -2.29. The van der Waals surface area contributed by atoms with E-state index in [0.29, 0.717) is 23.4 Å². The van der Waals surface area contributed by atoms with Crippen LogP contribution in [0.1, 0.15) is 52.7 Å². The summed E-state index contributed by atoms with van der Waals surface area (Å²) in [5.74, 6) is 2.41. The summed E-state index contributed by atoms with van der Waals surface area (Å²) in [6.45, 7) is 0. The Balaban J connectivity index is 1.64. The average molecular weight is 318 g/mol. The molecule has 24 heavy (non-hydrogen) atoms. The first kappa shape index (κ1) is 14.1. The number of nitrogens with two attached hydrogens (primary N) is 1. The SMILES string of the molecule is NC(=O)c1ccc2c(c1)[C@H]1[C@H]3CC[C@H](C3)[C@H]1[C@H](c1ccccc1)N2. The first-order chi connectivity index (χ1) is 11.7. The van der Waals surface area contributed by atoms with Gasteiger partial charge in [0, 0.05) is 11.3 Å². The lowest BCUT2D eigenvalue weighted by molar-refractivity contribution is 0.1000. The Labute approximate surface area is 142 Å². The molecule has 0 saturated heterocycles. The quantitative estimate of drug-likeness (QED) is 0.876. The lowest BCUT2D eigenvalue weighted by Gasteiger charge is -2.43. The van der Waals surface area contributed by atoms with Gasteiger partial charge in [0.05, 0.1) is 6.04 Å². The highest BCUT2D eigenvalue weighted by molar-refractivity contribution is 5.93. The molecule has 122 valence electrons. The number of anilines is 1. The molecule has 2 aromatic rings. The summed E-state index contributed by atoms with van der Waals surface area (Å²) < 4.78 is 0. The fraction of sp³-hybridized carbons (Fsp3) is 0.381. The van der Waals surface area contributed by atoms with Gasteiger partial charge in [-0.1, -0.05) is 30.3 Å². The third-order valence-corrected chi connectivity index (χ3v) is 6.53. The largest absolute Gasteiger partial charge is 0.378 e. The van der Waals surface area contributed by atoms with Gasteiger partial charge < -0.3 is 11.1 Å². The minimum Gasteiger partial charge on any atom is -0.378 e. The highest BCUT2D eigenvalue weighted by Gasteiger charge is 2.53. The van der Waals surface area contributed by atoms with Crippen molar-refractivity contribution in [3.63, 3.8) is 0 Å². The monoisotopic (exact) mass is 318 g/mol. The van der Waals surface area contributed by atoms with Gasteiger partial charge in [0.15, 0.2) is 0 Å². The van der Waals surface area contributed by atoms with E-state index in [1.165, 1.54) is 36.1 Å². The van der Waals surface area contributed by atoms with E-state index in [-0.39, 0.29) is 5.91 Å². The van der Waals surface area contributed by atoms with Crippen molar-refractivity contribution in [1.82, 2.24) is 0 Å². The molecule has 2 aliphatic carbocycles. The molecule has 0 aromatic heterocycles. The Morgan fingerprint density at radius 3 is 2.62 bits per heavy atom. The van der Waals surface area contributed by atoms with Crippen molar-refractivity contribution in [2.24, 2.45) is 23.5 Å². The topological polar surface area (TPSA) is 55.1 Å². The van der Waals surface area contributed by atoms with Crippen molar-refractivity contribution < 1.29 is 4.79 Å². The van der Waals surface area contributed by atoms with Gasteiger partial charge in [-0.3, -0.25) is 4.79 Å². The second-order valence-electron chi connectivity index (χ2n) is 7.64. The highest BCUT2D eigenvalue weighted by atomic mass is 16.1. The summed E-state index contributed by atoms with van der Waals surface area (Å²) in [5.41, 5.74) is 10.0. The maximum absolute atomic E-state index is 11.6. The van der Waals surface area contributed by atoms with Crippen LogP contribution in [0.5, 0.6) is 0 Å². The summed E-state index contributed by atoms with van der Waals surface area (Å²) in [5, 5.41) is 3.78. The second-order valence-corrected chi connectivity index (χ2v) is 7.64. The summed E-state index contributed by atoms with van der Waals surface area (Å²) in [7, 11) is 0. The van der Waals surface area contributed by atoms with Crippen molar-refractivity contribution in [3.8, 4) is 0 Å². The van der Waals surface area contributed by atoms with E-state index in [1.54, 1.807) is 0 Å². The second kappa shape index (κ2) is 5.10. The first-order valence-electron chi connectivity index (χ1n) is 8.97. The molecule has 0 spiro atoms. The number of rotatable bonds is 2. The number of carbonyl (C=O) groups is 1. The zero-order valence-corrected chi connectivity index (χ0v) is 13.6. The Morgan fingerprint density at radius 1 is 1.04 bits per heavy atom. The van der Waals surface area contributed by atoms with Gasteiger partial charge in [0.2, 0.25) is 5.91 Å². The Kier molecular flexibility index (Phi) is 2.99. The third kappa shape index (κ3) is 1.94. The smallest absolute Gasteiger partial charge is 0.248 e. The molecule has 3 aliphatic rings. The zero-order chi connectivity index (χ0) is 16.3. The maximum Gasteiger partial charge on any atom is 0.248 e. The van der Waals surface area contributed by atoms with Crippen LogP contribution in [0.15, 0.2) is 48.5 Å². The van der Waals surface area contributed by atoms with Gasteiger partial charge >= 0.3 is 0 Å². The summed E-state index contributed by atoms with van der Waals surface area (Å²) in [6.07, 6.45) is 4.01. The molecule has 1 aliphatic heterocycles. The molecule has 1 amide bonds. The number of primary amides is 1. The molecule has 3 N–H and O–H groups in total. The number of fused-ring (bicyclic) bond motifs is 7. The fourth-order valence-corrected chi connectivity index (χ4v) is 5.63. The van der Waals surface area contributed by atoms with Crippen LogP contribution >= 0.6 is 0 Å². The molecule has 0 radical (unpaired) electrons. The van der Waals surface area contributed by atoms with Gasteiger partial charge in [0.1, 0.15) is 0 Å². The van der Waals surface area contributed by atoms with Crippen LogP contribution < -0.4 is 11.1 Å². The van der Waals surface area contributed by atoms with Crippen molar-refractivity contribution in [3.05, 3.63) is 65.2 Å². The van der Waals surface area contributed by atoms with Gasteiger partial charge in [-0.2, -0.15) is 0 Å². The lowest BCUT2D eigenvalue weighted by Crippen LogP contribution is -2.35. The van der Waals surface area contributed by atoms with Crippen LogP contribution in [-0.4, -0.2) is 5.91 Å². The molecule has 0 unspecified atom stereocenters. The van der Waals surface area contributed by atoms with E-state index in [9.17, 15) is 4.79 Å². The third-order valence-electron chi connectivity index (χ3n) is 6.53. The maximum atomic E-state index is 11.6. The van der Waals surface area contributed by atoms with E-state index >= 15 is 0 Å². The number of nitrogens with one attached hydrogen (secondary N) is 1. The van der Waals surface area contributed by atoms with Crippen LogP contribution in [0.3, 0.4) is 0 Å². The average Bonchev–Trinajstić information content (AvgIpc) is 3.23. The molecule has 2 fully saturated rings. The summed E-state index contributed by atoms with van der Waals surface area (Å²) in [6, 6.07) is 17.1. The molecular weight excluding hydrogens is 296 g/mol. The minimum atomic E-state index is -0.331. The molecule has 3 heteroatoms. The van der Waals surface area contributed by atoms with Gasteiger partial charge in [-0.25, -0.2) is 0 Å². The standard InChI is InChI=1S/C21H22N2O/c22-21(24)15-8-9-17-16(11-15)18-13-6-7-14(10-13)19(18)20(23-17)12-4-2-1-3-5-12/h1-5,8-9,11,13-14,18-20,23H,6-7,10H2,(H2,22,24)/t13-,14+,18+,19+,20-/m0/s1. The molecule has 2 saturated carbocycles. The zero-order valence-electron chi connectivity index (χ0n) is 13.6. The lowest BCUT2D eigenvalue weighted by atomic mass is 9.68. The number of carbonyl (C=O) groups excluding carboxylic acids is 1. The van der Waals surface area contributed by atoms with Crippen LogP contribution in [0.25, 0.3) is 0 Å². The number of hydrogen-bond donors (Lipinski definition) is 2. The molecule has 2 aromatic carbocycles. The van der Waals surface area contributed by atoms with Crippen molar-refractivity contribution in [2.45, 2.75) is 31.2 Å². The number of hydrogen-bond acceptors (Lipinski definition) is 2. The van der Waals surface area contributed by atoms with E-state index in [1.807, 2.05) is 18.2 Å². The van der Waals surface area contributed by atoms with Crippen molar-refractivity contribution in [1.29, 1.82) is 0 Å². The molecule has 2 bridgehead atoms. The highest BCUT2D eigenvalue weighted by Crippen LogP contribution is 2.63. The van der Waals surface area contributed by atoms with E-state index in [0.717, 1.165) is 11.8 Å². The van der Waals surface area contributed by atoms with Crippen LogP contribution in [0.4, 0.5) is 5.69 Å². The van der Waals surface area contributed by atoms with E-state index in [2.05, 4.69) is 35.6 Å². The van der Waals surface area contributed by atoms with Gasteiger partial charge in [0.25, 0.3) is 0 Å². The molecule has 5 rings (SSSR count). The number of benzene rings is 2. The number of amides is 1. The predicted octanol–water partition coefficient (Wildman–Crippen LogP) is 4.08. The predicted molar refractivity (Wildman–Crippen MR) is 94.8 cm³/mol. The summed E-state index contributed by atoms with van der Waals surface area (Å²) >= 11 is 0. The Morgan fingerprint density at radius 2 is 1.83 bits per heavy atom. The molecule has 1 heterocycles. The van der Waals surface area contributed by atoms with Crippen LogP contribution in [-0.2, 0) is 0 Å². The molecular formula is C21H22N2O. The van der Waals surface area contributed by atoms with Crippen molar-refractivity contribution >= 4 is 11.6 Å². The van der Waals surface area contributed by atoms with E-state index in [4.69, 9.17) is 5.73 Å². The molecule has 3 nitrogen and oxygen atoms in total. The Bertz CT molecular complexity index is 801. The first-order valence-corrected chi connectivity index (χ1v) is 8.97. The van der Waals surface area contributed by atoms with Gasteiger partial charge in [-0.05, 0) is 72.3 Å². The van der Waals surface area contributed by atoms with E-state index < -0.39 is 0 Å². The summed E-state index contributed by atoms with van der Waals surface area (Å²) in [4.78, 5) is 11.6. The molecule has 5 atom stereocenters. The van der Waals surface area contributed by atoms with Crippen LogP contribution in [0, 0.1) is 17.8 Å². The van der Waals surface area contributed by atoms with Crippen LogP contribution in [0.2, 0.25) is 0 Å². The van der Waals surface area contributed by atoms with Crippen molar-refractivity contribution in [2.75, 3.05) is 5.32 Å². The minimum absolute atomic E-state index is 0.331. The van der Waals surface area contributed by atoms with Gasteiger partial charge in [-0.15, -0.1) is 0 Å². The normalized spacial score (nSPS) is 32.8. The fourth-order valence-electron chi connectivity index (χ4n) is 5.63.